The van der Waals surface area contributed by atoms with Gasteiger partial charge in [-0.05, 0) is 6.07 Å². The third kappa shape index (κ3) is 2.17. The summed E-state index contributed by atoms with van der Waals surface area (Å²) in [6, 6.07) is 1.46. The average Bonchev–Trinajstić information content (AvgIpc) is 2.57. The van der Waals surface area contributed by atoms with Gasteiger partial charge in [0, 0.05) is 6.20 Å². The molecule has 1 aliphatic rings. The predicted molar refractivity (Wildman–Crippen MR) is 58.9 cm³/mol. The summed E-state index contributed by atoms with van der Waals surface area (Å²) in [6.07, 6.45) is -3.11. The lowest BCUT2D eigenvalue weighted by atomic mass is 10.1. The summed E-state index contributed by atoms with van der Waals surface area (Å²) in [7, 11) is 0. The van der Waals surface area contributed by atoms with Crippen LogP contribution in [0.25, 0.3) is 0 Å². The lowest BCUT2D eigenvalue weighted by Crippen LogP contribution is -2.35. The molecule has 1 aromatic heterocycles. The van der Waals surface area contributed by atoms with E-state index in [0.29, 0.717) is 0 Å². The zero-order chi connectivity index (χ0) is 12.6. The lowest BCUT2D eigenvalue weighted by Gasteiger charge is -2.16. The minimum Gasteiger partial charge on any atom is -0.394 e. The van der Waals surface area contributed by atoms with E-state index in [1.54, 1.807) is 0 Å². The Kier molecular flexibility index (Phi) is 3.40. The Morgan fingerprint density at radius 1 is 1.47 bits per heavy atom. The maximum atomic E-state index is 11.6. The molecule has 0 bridgehead atoms. The number of H-pyrrole nitrogens is 1. The molecule has 94 valence electrons. The van der Waals surface area contributed by atoms with Crippen molar-refractivity contribution in [1.29, 1.82) is 0 Å². The first kappa shape index (κ1) is 12.4. The van der Waals surface area contributed by atoms with Crippen LogP contribution in [-0.4, -0.2) is 49.8 Å². The van der Waals surface area contributed by atoms with Crippen LogP contribution in [-0.2, 0) is 4.74 Å². The van der Waals surface area contributed by atoms with Gasteiger partial charge in [-0.1, -0.05) is 12.2 Å². The SMILES string of the molecule is O=c1[nH]c(=S)ccn1[C@@H]1O[C@@H](CO)[C@H](O)[C@@H]1O. The van der Waals surface area contributed by atoms with Crippen molar-refractivity contribution in [1.82, 2.24) is 9.55 Å². The van der Waals surface area contributed by atoms with Gasteiger partial charge in [0.2, 0.25) is 0 Å². The number of aromatic nitrogens is 2. The van der Waals surface area contributed by atoms with Crippen LogP contribution < -0.4 is 5.69 Å². The molecule has 0 saturated carbocycles. The smallest absolute Gasteiger partial charge is 0.328 e. The molecule has 17 heavy (non-hydrogen) atoms. The van der Waals surface area contributed by atoms with E-state index in [0.717, 1.165) is 4.57 Å². The number of aliphatic hydroxyl groups is 3. The van der Waals surface area contributed by atoms with E-state index in [9.17, 15) is 15.0 Å². The Morgan fingerprint density at radius 3 is 2.71 bits per heavy atom. The van der Waals surface area contributed by atoms with Gasteiger partial charge in [-0.3, -0.25) is 9.55 Å². The van der Waals surface area contributed by atoms with Crippen LogP contribution in [0.1, 0.15) is 6.23 Å². The molecule has 0 unspecified atom stereocenters. The van der Waals surface area contributed by atoms with Crippen LogP contribution in [0.5, 0.6) is 0 Å². The Hall–Kier alpha value is -1.06. The molecule has 1 saturated heterocycles. The van der Waals surface area contributed by atoms with Gasteiger partial charge in [-0.2, -0.15) is 0 Å². The van der Waals surface area contributed by atoms with Crippen molar-refractivity contribution < 1.29 is 20.1 Å². The van der Waals surface area contributed by atoms with Gasteiger partial charge in [0.05, 0.1) is 6.61 Å². The highest BCUT2D eigenvalue weighted by Crippen LogP contribution is 2.27. The zero-order valence-corrected chi connectivity index (χ0v) is 9.50. The number of aliphatic hydroxyl groups excluding tert-OH is 3. The van der Waals surface area contributed by atoms with Crippen molar-refractivity contribution in [2.24, 2.45) is 0 Å². The molecular formula is C9H12N2O5S. The molecule has 0 amide bonds. The normalized spacial score (nSPS) is 32.9. The number of hydrogen-bond donors (Lipinski definition) is 4. The minimum absolute atomic E-state index is 0.262. The number of ether oxygens (including phenoxy) is 1. The second-order valence-corrected chi connectivity index (χ2v) is 4.19. The van der Waals surface area contributed by atoms with Crippen LogP contribution in [0.3, 0.4) is 0 Å². The van der Waals surface area contributed by atoms with Crippen LogP contribution in [0, 0.1) is 4.64 Å². The van der Waals surface area contributed by atoms with Crippen LogP contribution >= 0.6 is 12.2 Å². The minimum atomic E-state index is -1.28. The van der Waals surface area contributed by atoms with Crippen LogP contribution in [0.4, 0.5) is 0 Å². The average molecular weight is 260 g/mol. The molecule has 1 aromatic rings. The third-order valence-electron chi connectivity index (χ3n) is 2.64. The van der Waals surface area contributed by atoms with Crippen molar-refractivity contribution in [2.75, 3.05) is 6.61 Å². The molecule has 2 heterocycles. The molecule has 0 aliphatic carbocycles. The Labute approximate surface area is 101 Å². The molecule has 4 atom stereocenters. The molecule has 4 N–H and O–H groups in total. The molecule has 7 nitrogen and oxygen atoms in total. The molecule has 0 radical (unpaired) electrons. The zero-order valence-electron chi connectivity index (χ0n) is 8.68. The Bertz CT molecular complexity index is 513. The number of nitrogens with zero attached hydrogens (tertiary/aromatic N) is 1. The first-order chi connectivity index (χ1) is 8.04. The van der Waals surface area contributed by atoms with Gasteiger partial charge >= 0.3 is 5.69 Å². The fraction of sp³-hybridized carbons (Fsp3) is 0.556. The topological polar surface area (TPSA) is 108 Å². The van der Waals surface area contributed by atoms with Crippen molar-refractivity contribution in [2.45, 2.75) is 24.5 Å². The maximum absolute atomic E-state index is 11.6. The van der Waals surface area contributed by atoms with Gasteiger partial charge < -0.3 is 20.1 Å². The number of rotatable bonds is 2. The highest BCUT2D eigenvalue weighted by molar-refractivity contribution is 7.71. The molecule has 1 aliphatic heterocycles. The third-order valence-corrected chi connectivity index (χ3v) is 2.88. The molecular weight excluding hydrogens is 248 g/mol. The molecule has 0 aromatic carbocycles. The molecule has 0 spiro atoms. The second-order valence-electron chi connectivity index (χ2n) is 3.75. The van der Waals surface area contributed by atoms with Crippen molar-refractivity contribution >= 4 is 12.2 Å². The molecule has 8 heteroatoms. The summed E-state index contributed by atoms with van der Waals surface area (Å²) in [4.78, 5) is 14.0. The number of hydrogen-bond acceptors (Lipinski definition) is 6. The first-order valence-corrected chi connectivity index (χ1v) is 5.39. The van der Waals surface area contributed by atoms with Crippen LogP contribution in [0.2, 0.25) is 0 Å². The Balaban J connectivity index is 2.35. The summed E-state index contributed by atoms with van der Waals surface area (Å²) >= 11 is 4.77. The summed E-state index contributed by atoms with van der Waals surface area (Å²) in [5.74, 6) is 0. The summed E-state index contributed by atoms with van der Waals surface area (Å²) in [5.41, 5.74) is -0.549. The van der Waals surface area contributed by atoms with Gasteiger partial charge in [0.15, 0.2) is 6.23 Å². The van der Waals surface area contributed by atoms with Gasteiger partial charge in [0.25, 0.3) is 0 Å². The van der Waals surface area contributed by atoms with Gasteiger partial charge in [-0.15, -0.1) is 0 Å². The van der Waals surface area contributed by atoms with Crippen molar-refractivity contribution in [3.05, 3.63) is 27.4 Å². The highest BCUT2D eigenvalue weighted by Gasteiger charge is 2.43. The number of nitrogens with one attached hydrogen (secondary N) is 1. The number of aromatic amines is 1. The second kappa shape index (κ2) is 4.67. The van der Waals surface area contributed by atoms with Gasteiger partial charge in [0.1, 0.15) is 23.0 Å². The predicted octanol–water partition coefficient (Wildman–Crippen LogP) is -1.48. The van der Waals surface area contributed by atoms with Crippen LogP contribution in [0.15, 0.2) is 17.1 Å². The standard InChI is InChI=1S/C9H12N2O5S/c12-3-4-6(13)7(14)8(16-4)11-2-1-5(17)10-9(11)15/h1-2,4,6-8,12-14H,3H2,(H,10,15,17)/t4-,6-,7-,8+/m0/s1. The highest BCUT2D eigenvalue weighted by atomic mass is 32.1. The van der Waals surface area contributed by atoms with Crippen molar-refractivity contribution in [3.8, 4) is 0 Å². The summed E-state index contributed by atoms with van der Waals surface area (Å²) < 4.78 is 6.55. The van der Waals surface area contributed by atoms with E-state index in [-0.39, 0.29) is 4.64 Å². The van der Waals surface area contributed by atoms with Crippen molar-refractivity contribution in [3.63, 3.8) is 0 Å². The lowest BCUT2D eigenvalue weighted by molar-refractivity contribution is -0.0550. The molecule has 1 fully saturated rings. The summed E-state index contributed by atoms with van der Waals surface area (Å²) in [5, 5.41) is 28.2. The fourth-order valence-corrected chi connectivity index (χ4v) is 1.89. The first-order valence-electron chi connectivity index (χ1n) is 4.98. The Morgan fingerprint density at radius 2 is 2.18 bits per heavy atom. The van der Waals surface area contributed by atoms with Gasteiger partial charge in [-0.25, -0.2) is 4.79 Å². The van der Waals surface area contributed by atoms with E-state index in [1.165, 1.54) is 12.3 Å². The molecule has 2 rings (SSSR count). The van der Waals surface area contributed by atoms with E-state index in [4.69, 9.17) is 22.1 Å². The monoisotopic (exact) mass is 260 g/mol. The quantitative estimate of drug-likeness (QED) is 0.483. The summed E-state index contributed by atoms with van der Waals surface area (Å²) in [6.45, 7) is -0.438. The van der Waals surface area contributed by atoms with E-state index in [1.807, 2.05) is 0 Å². The van der Waals surface area contributed by atoms with E-state index < -0.39 is 36.8 Å². The maximum Gasteiger partial charge on any atom is 0.328 e. The largest absolute Gasteiger partial charge is 0.394 e. The van der Waals surface area contributed by atoms with E-state index in [2.05, 4.69) is 4.98 Å². The van der Waals surface area contributed by atoms with E-state index >= 15 is 0 Å². The fourth-order valence-electron chi connectivity index (χ4n) is 1.74.